The Bertz CT molecular complexity index is 856. The number of amides is 1. The normalized spacial score (nSPS) is 12.0. The Morgan fingerprint density at radius 3 is 2.42 bits per heavy atom. The first-order chi connectivity index (χ1) is 11.5. The molecular formula is C19H15F2NO2. The second-order valence-electron chi connectivity index (χ2n) is 5.39. The van der Waals surface area contributed by atoms with Gasteiger partial charge in [0.1, 0.15) is 17.4 Å². The number of furan rings is 1. The first-order valence-corrected chi connectivity index (χ1v) is 7.45. The Hall–Kier alpha value is -2.95. The van der Waals surface area contributed by atoms with Crippen molar-refractivity contribution in [2.45, 2.75) is 13.0 Å². The van der Waals surface area contributed by atoms with Crippen LogP contribution < -0.4 is 5.32 Å². The molecule has 0 aliphatic heterocycles. The van der Waals surface area contributed by atoms with Crippen molar-refractivity contribution in [2.24, 2.45) is 0 Å². The molecule has 0 radical (unpaired) electrons. The zero-order chi connectivity index (χ0) is 17.1. The van der Waals surface area contributed by atoms with Gasteiger partial charge in [0.05, 0.1) is 11.6 Å². The van der Waals surface area contributed by atoms with Gasteiger partial charge in [-0.15, -0.1) is 0 Å². The molecule has 122 valence electrons. The van der Waals surface area contributed by atoms with Crippen LogP contribution in [0.25, 0.3) is 11.3 Å². The lowest BCUT2D eigenvalue weighted by Gasteiger charge is -2.13. The molecule has 1 aromatic heterocycles. The highest BCUT2D eigenvalue weighted by molar-refractivity contribution is 5.92. The third-order valence-corrected chi connectivity index (χ3v) is 3.69. The van der Waals surface area contributed by atoms with Crippen LogP contribution in [0.2, 0.25) is 0 Å². The van der Waals surface area contributed by atoms with Crippen molar-refractivity contribution >= 4 is 5.91 Å². The molecule has 24 heavy (non-hydrogen) atoms. The average molecular weight is 327 g/mol. The second-order valence-corrected chi connectivity index (χ2v) is 5.39. The summed E-state index contributed by atoms with van der Waals surface area (Å²) in [7, 11) is 0. The summed E-state index contributed by atoms with van der Waals surface area (Å²) in [6.45, 7) is 1.78. The molecule has 5 heteroatoms. The number of carbonyl (C=O) groups excluding carboxylic acids is 1. The maximum absolute atomic E-state index is 13.8. The molecule has 3 nitrogen and oxygen atoms in total. The molecule has 2 aromatic carbocycles. The molecule has 0 aliphatic carbocycles. The molecule has 1 heterocycles. The van der Waals surface area contributed by atoms with Gasteiger partial charge in [0.15, 0.2) is 5.76 Å². The molecule has 3 rings (SSSR count). The van der Waals surface area contributed by atoms with Gasteiger partial charge in [0, 0.05) is 0 Å². The van der Waals surface area contributed by atoms with Crippen molar-refractivity contribution in [1.29, 1.82) is 0 Å². The maximum atomic E-state index is 13.8. The van der Waals surface area contributed by atoms with Crippen LogP contribution in [0.4, 0.5) is 8.78 Å². The Balaban J connectivity index is 1.74. The SMILES string of the molecule is CC(NC(=O)c1ccc(-c2ccccc2F)o1)c1ccc(F)cc1. The van der Waals surface area contributed by atoms with Crippen molar-refractivity contribution < 1.29 is 18.0 Å². The van der Waals surface area contributed by atoms with Crippen LogP contribution in [0.1, 0.15) is 29.1 Å². The summed E-state index contributed by atoms with van der Waals surface area (Å²) in [5.74, 6) is -0.805. The van der Waals surface area contributed by atoms with Gasteiger partial charge in [0.2, 0.25) is 0 Å². The van der Waals surface area contributed by atoms with Crippen LogP contribution >= 0.6 is 0 Å². The van der Waals surface area contributed by atoms with Gasteiger partial charge in [-0.25, -0.2) is 8.78 Å². The average Bonchev–Trinajstić information content (AvgIpc) is 3.05. The molecule has 0 spiro atoms. The fourth-order valence-electron chi connectivity index (χ4n) is 2.37. The summed E-state index contributed by atoms with van der Waals surface area (Å²) >= 11 is 0. The van der Waals surface area contributed by atoms with Crippen LogP contribution in [-0.4, -0.2) is 5.91 Å². The zero-order valence-corrected chi connectivity index (χ0v) is 12.9. The van der Waals surface area contributed by atoms with Crippen LogP contribution in [0, 0.1) is 11.6 Å². The van der Waals surface area contributed by atoms with E-state index in [2.05, 4.69) is 5.32 Å². The molecular weight excluding hydrogens is 312 g/mol. The summed E-state index contributed by atoms with van der Waals surface area (Å²) in [6.07, 6.45) is 0. The first kappa shape index (κ1) is 15.9. The minimum Gasteiger partial charge on any atom is -0.451 e. The van der Waals surface area contributed by atoms with Crippen molar-refractivity contribution in [3.05, 3.63) is 83.6 Å². The van der Waals surface area contributed by atoms with Gasteiger partial charge >= 0.3 is 0 Å². The van der Waals surface area contributed by atoms with Crippen molar-refractivity contribution in [3.8, 4) is 11.3 Å². The van der Waals surface area contributed by atoms with E-state index in [1.54, 1.807) is 43.3 Å². The van der Waals surface area contributed by atoms with Gasteiger partial charge < -0.3 is 9.73 Å². The zero-order valence-electron chi connectivity index (χ0n) is 12.9. The van der Waals surface area contributed by atoms with E-state index in [4.69, 9.17) is 4.42 Å². The molecule has 0 fully saturated rings. The molecule has 1 amide bonds. The Morgan fingerprint density at radius 1 is 1.00 bits per heavy atom. The molecule has 0 saturated carbocycles. The minimum absolute atomic E-state index is 0.0854. The van der Waals surface area contributed by atoms with Gasteiger partial charge in [-0.1, -0.05) is 24.3 Å². The monoisotopic (exact) mass is 327 g/mol. The van der Waals surface area contributed by atoms with E-state index in [0.29, 0.717) is 5.56 Å². The lowest BCUT2D eigenvalue weighted by Crippen LogP contribution is -2.26. The first-order valence-electron chi connectivity index (χ1n) is 7.45. The smallest absolute Gasteiger partial charge is 0.287 e. The molecule has 1 unspecified atom stereocenters. The lowest BCUT2D eigenvalue weighted by molar-refractivity contribution is 0.0912. The van der Waals surface area contributed by atoms with Crippen molar-refractivity contribution in [1.82, 2.24) is 5.32 Å². The van der Waals surface area contributed by atoms with E-state index in [-0.39, 0.29) is 23.4 Å². The number of halogens is 2. The van der Waals surface area contributed by atoms with E-state index in [1.165, 1.54) is 24.3 Å². The largest absolute Gasteiger partial charge is 0.451 e. The van der Waals surface area contributed by atoms with Crippen LogP contribution in [0.15, 0.2) is 65.1 Å². The van der Waals surface area contributed by atoms with E-state index >= 15 is 0 Å². The number of hydrogen-bond acceptors (Lipinski definition) is 2. The van der Waals surface area contributed by atoms with Crippen molar-refractivity contribution in [2.75, 3.05) is 0 Å². The van der Waals surface area contributed by atoms with Crippen molar-refractivity contribution in [3.63, 3.8) is 0 Å². The maximum Gasteiger partial charge on any atom is 0.287 e. The van der Waals surface area contributed by atoms with E-state index < -0.39 is 11.7 Å². The Kier molecular flexibility index (Phi) is 4.42. The summed E-state index contributed by atoms with van der Waals surface area (Å²) in [6, 6.07) is 14.8. The minimum atomic E-state index is -0.422. The van der Waals surface area contributed by atoms with Crippen LogP contribution in [-0.2, 0) is 0 Å². The predicted octanol–water partition coefficient (Wildman–Crippen LogP) is 4.72. The number of nitrogens with one attached hydrogen (secondary N) is 1. The molecule has 0 saturated heterocycles. The third-order valence-electron chi connectivity index (χ3n) is 3.69. The number of hydrogen-bond donors (Lipinski definition) is 1. The fourth-order valence-corrected chi connectivity index (χ4v) is 2.37. The third kappa shape index (κ3) is 3.35. The van der Waals surface area contributed by atoms with Gasteiger partial charge in [-0.05, 0) is 48.9 Å². The van der Waals surface area contributed by atoms with E-state index in [1.807, 2.05) is 0 Å². The quantitative estimate of drug-likeness (QED) is 0.753. The van der Waals surface area contributed by atoms with E-state index in [0.717, 1.165) is 5.56 Å². The van der Waals surface area contributed by atoms with Crippen LogP contribution in [0.3, 0.4) is 0 Å². The lowest BCUT2D eigenvalue weighted by atomic mass is 10.1. The highest BCUT2D eigenvalue weighted by atomic mass is 19.1. The van der Waals surface area contributed by atoms with Gasteiger partial charge in [0.25, 0.3) is 5.91 Å². The summed E-state index contributed by atoms with van der Waals surface area (Å²) in [5, 5.41) is 2.76. The number of carbonyl (C=O) groups is 1. The second kappa shape index (κ2) is 6.66. The van der Waals surface area contributed by atoms with E-state index in [9.17, 15) is 13.6 Å². The number of rotatable bonds is 4. The molecule has 0 aliphatic rings. The predicted molar refractivity (Wildman–Crippen MR) is 86.4 cm³/mol. The Morgan fingerprint density at radius 2 is 1.71 bits per heavy atom. The summed E-state index contributed by atoms with van der Waals surface area (Å²) in [5.41, 5.74) is 1.06. The highest BCUT2D eigenvalue weighted by Gasteiger charge is 2.16. The van der Waals surface area contributed by atoms with Crippen LogP contribution in [0.5, 0.6) is 0 Å². The standard InChI is InChI=1S/C19H15F2NO2/c1-12(13-6-8-14(20)9-7-13)22-19(23)18-11-10-17(24-18)15-4-2-3-5-16(15)21/h2-12H,1H3,(H,22,23). The molecule has 1 N–H and O–H groups in total. The van der Waals surface area contributed by atoms with Gasteiger partial charge in [-0.2, -0.15) is 0 Å². The molecule has 3 aromatic rings. The summed E-state index contributed by atoms with van der Waals surface area (Å²) in [4.78, 5) is 12.3. The highest BCUT2D eigenvalue weighted by Crippen LogP contribution is 2.25. The number of benzene rings is 2. The Labute approximate surface area is 137 Å². The van der Waals surface area contributed by atoms with Gasteiger partial charge in [-0.3, -0.25) is 4.79 Å². The molecule has 1 atom stereocenters. The topological polar surface area (TPSA) is 42.2 Å². The summed E-state index contributed by atoms with van der Waals surface area (Å²) < 4.78 is 32.2. The fraction of sp³-hybridized carbons (Fsp3) is 0.105. The molecule has 0 bridgehead atoms.